The van der Waals surface area contributed by atoms with E-state index in [0.717, 1.165) is 6.07 Å². The standard InChI is InChI=1S/C13H17F4NO/c1-18-11(7-4-8-19-2)9-5-3-6-10(12(9)14)13(15,16)17/h3,5-6,11,18H,4,7-8H2,1-2H3. The first-order valence-electron chi connectivity index (χ1n) is 5.93. The Hall–Kier alpha value is -1.14. The van der Waals surface area contributed by atoms with Crippen molar-refractivity contribution in [3.8, 4) is 0 Å². The van der Waals surface area contributed by atoms with E-state index in [1.54, 1.807) is 14.2 Å². The molecule has 1 rings (SSSR count). The van der Waals surface area contributed by atoms with Crippen LogP contribution >= 0.6 is 0 Å². The van der Waals surface area contributed by atoms with Gasteiger partial charge in [-0.2, -0.15) is 13.2 Å². The van der Waals surface area contributed by atoms with Crippen LogP contribution in [0.25, 0.3) is 0 Å². The number of hydrogen-bond acceptors (Lipinski definition) is 2. The van der Waals surface area contributed by atoms with E-state index in [4.69, 9.17) is 4.74 Å². The topological polar surface area (TPSA) is 21.3 Å². The summed E-state index contributed by atoms with van der Waals surface area (Å²) in [6.45, 7) is 0.485. The number of alkyl halides is 3. The Morgan fingerprint density at radius 3 is 2.53 bits per heavy atom. The third-order valence-corrected chi connectivity index (χ3v) is 2.90. The zero-order chi connectivity index (χ0) is 14.5. The van der Waals surface area contributed by atoms with E-state index in [-0.39, 0.29) is 5.56 Å². The van der Waals surface area contributed by atoms with Gasteiger partial charge >= 0.3 is 6.18 Å². The van der Waals surface area contributed by atoms with Crippen molar-refractivity contribution in [3.05, 3.63) is 35.1 Å². The van der Waals surface area contributed by atoms with Gasteiger partial charge in [-0.15, -0.1) is 0 Å². The molecule has 0 radical (unpaired) electrons. The number of rotatable bonds is 6. The predicted octanol–water partition coefficient (Wildman–Crippen LogP) is 3.53. The van der Waals surface area contributed by atoms with Gasteiger partial charge in [0.1, 0.15) is 5.82 Å². The van der Waals surface area contributed by atoms with Crippen molar-refractivity contribution < 1.29 is 22.3 Å². The van der Waals surface area contributed by atoms with Gasteiger partial charge in [-0.1, -0.05) is 12.1 Å². The van der Waals surface area contributed by atoms with Crippen molar-refractivity contribution in [1.29, 1.82) is 0 Å². The average molecular weight is 279 g/mol. The minimum Gasteiger partial charge on any atom is -0.385 e. The molecule has 1 unspecified atom stereocenters. The molecule has 2 nitrogen and oxygen atoms in total. The second kappa shape index (κ2) is 6.86. The quantitative estimate of drug-likeness (QED) is 0.635. The molecule has 0 amide bonds. The number of halogens is 4. The zero-order valence-electron chi connectivity index (χ0n) is 10.9. The highest BCUT2D eigenvalue weighted by Gasteiger charge is 2.35. The molecule has 0 aliphatic carbocycles. The van der Waals surface area contributed by atoms with Crippen molar-refractivity contribution in [2.75, 3.05) is 20.8 Å². The molecule has 1 aromatic rings. The molecule has 0 saturated heterocycles. The maximum absolute atomic E-state index is 13.9. The molecule has 0 fully saturated rings. The first-order valence-corrected chi connectivity index (χ1v) is 5.93. The van der Waals surface area contributed by atoms with Crippen LogP contribution in [0.1, 0.15) is 30.0 Å². The van der Waals surface area contributed by atoms with Crippen molar-refractivity contribution in [3.63, 3.8) is 0 Å². The van der Waals surface area contributed by atoms with Gasteiger partial charge in [0.05, 0.1) is 5.56 Å². The zero-order valence-corrected chi connectivity index (χ0v) is 10.9. The van der Waals surface area contributed by atoms with Crippen LogP contribution < -0.4 is 5.32 Å². The van der Waals surface area contributed by atoms with Gasteiger partial charge in [-0.05, 0) is 26.0 Å². The molecular weight excluding hydrogens is 262 g/mol. The number of nitrogens with one attached hydrogen (secondary N) is 1. The van der Waals surface area contributed by atoms with Gasteiger partial charge in [-0.3, -0.25) is 0 Å². The van der Waals surface area contributed by atoms with E-state index in [1.807, 2.05) is 0 Å². The summed E-state index contributed by atoms with van der Waals surface area (Å²) in [6.07, 6.45) is -3.54. The molecule has 0 spiro atoms. The van der Waals surface area contributed by atoms with E-state index in [1.165, 1.54) is 12.1 Å². The number of ether oxygens (including phenoxy) is 1. The number of benzene rings is 1. The average Bonchev–Trinajstić information content (AvgIpc) is 2.34. The second-order valence-electron chi connectivity index (χ2n) is 4.18. The third-order valence-electron chi connectivity index (χ3n) is 2.90. The molecule has 0 aliphatic heterocycles. The molecule has 19 heavy (non-hydrogen) atoms. The Labute approximate surface area is 109 Å². The fourth-order valence-corrected chi connectivity index (χ4v) is 1.93. The van der Waals surface area contributed by atoms with E-state index in [9.17, 15) is 17.6 Å². The van der Waals surface area contributed by atoms with E-state index >= 15 is 0 Å². The maximum Gasteiger partial charge on any atom is 0.419 e. The van der Waals surface area contributed by atoms with Gasteiger partial charge in [0, 0.05) is 25.3 Å². The summed E-state index contributed by atoms with van der Waals surface area (Å²) in [5.41, 5.74) is -1.19. The Morgan fingerprint density at radius 1 is 1.32 bits per heavy atom. The van der Waals surface area contributed by atoms with Crippen LogP contribution in [0.2, 0.25) is 0 Å². The SMILES string of the molecule is CNC(CCCOC)c1cccc(C(F)(F)F)c1F. The molecule has 108 valence electrons. The van der Waals surface area contributed by atoms with Gasteiger partial charge in [-0.25, -0.2) is 4.39 Å². The van der Waals surface area contributed by atoms with Crippen LogP contribution in [-0.4, -0.2) is 20.8 Å². The number of hydrogen-bond donors (Lipinski definition) is 1. The summed E-state index contributed by atoms with van der Waals surface area (Å²) in [4.78, 5) is 0. The summed E-state index contributed by atoms with van der Waals surface area (Å²) in [5, 5.41) is 2.83. The Bertz CT molecular complexity index is 406. The van der Waals surface area contributed by atoms with Crippen molar-refractivity contribution >= 4 is 0 Å². The molecule has 1 N–H and O–H groups in total. The summed E-state index contributed by atoms with van der Waals surface area (Å²) in [7, 11) is 3.14. The fourth-order valence-electron chi connectivity index (χ4n) is 1.93. The predicted molar refractivity (Wildman–Crippen MR) is 64.3 cm³/mol. The smallest absolute Gasteiger partial charge is 0.385 e. The van der Waals surface area contributed by atoms with Crippen LogP contribution in [-0.2, 0) is 10.9 Å². The lowest BCUT2D eigenvalue weighted by Crippen LogP contribution is -2.20. The normalized spacial score (nSPS) is 13.6. The van der Waals surface area contributed by atoms with Gasteiger partial charge in [0.2, 0.25) is 0 Å². The molecule has 1 aromatic carbocycles. The Morgan fingerprint density at radius 2 is 2.00 bits per heavy atom. The summed E-state index contributed by atoms with van der Waals surface area (Å²) in [6, 6.07) is 2.89. The molecular formula is C13H17F4NO. The van der Waals surface area contributed by atoms with Crippen LogP contribution in [0.3, 0.4) is 0 Å². The highest BCUT2D eigenvalue weighted by molar-refractivity contribution is 5.30. The lowest BCUT2D eigenvalue weighted by molar-refractivity contribution is -0.140. The second-order valence-corrected chi connectivity index (χ2v) is 4.18. The summed E-state index contributed by atoms with van der Waals surface area (Å²) < 4.78 is 56.7. The van der Waals surface area contributed by atoms with Crippen LogP contribution in [0.4, 0.5) is 17.6 Å². The first kappa shape index (κ1) is 15.9. The van der Waals surface area contributed by atoms with Crippen molar-refractivity contribution in [2.45, 2.75) is 25.1 Å². The molecule has 0 bridgehead atoms. The molecule has 0 aliphatic rings. The minimum absolute atomic E-state index is 0.0356. The van der Waals surface area contributed by atoms with E-state index in [2.05, 4.69) is 5.32 Å². The lowest BCUT2D eigenvalue weighted by atomic mass is 9.99. The maximum atomic E-state index is 13.9. The van der Waals surface area contributed by atoms with Crippen LogP contribution in [0.5, 0.6) is 0 Å². The molecule has 0 heterocycles. The monoisotopic (exact) mass is 279 g/mol. The largest absolute Gasteiger partial charge is 0.419 e. The van der Waals surface area contributed by atoms with Crippen molar-refractivity contribution in [2.24, 2.45) is 0 Å². The van der Waals surface area contributed by atoms with Gasteiger partial charge in [0.25, 0.3) is 0 Å². The number of methoxy groups -OCH3 is 1. The van der Waals surface area contributed by atoms with E-state index < -0.39 is 23.6 Å². The highest BCUT2D eigenvalue weighted by atomic mass is 19.4. The van der Waals surface area contributed by atoms with Gasteiger partial charge in [0.15, 0.2) is 0 Å². The van der Waals surface area contributed by atoms with Gasteiger partial charge < -0.3 is 10.1 Å². The minimum atomic E-state index is -4.68. The molecule has 0 saturated carbocycles. The molecule has 1 atom stereocenters. The Kier molecular flexibility index (Phi) is 5.75. The molecule has 6 heteroatoms. The fraction of sp³-hybridized carbons (Fsp3) is 0.538. The van der Waals surface area contributed by atoms with Crippen LogP contribution in [0, 0.1) is 5.82 Å². The third kappa shape index (κ3) is 4.18. The summed E-state index contributed by atoms with van der Waals surface area (Å²) >= 11 is 0. The first-order chi connectivity index (χ1) is 8.91. The molecule has 0 aromatic heterocycles. The van der Waals surface area contributed by atoms with Crippen LogP contribution in [0.15, 0.2) is 18.2 Å². The highest BCUT2D eigenvalue weighted by Crippen LogP contribution is 2.34. The van der Waals surface area contributed by atoms with E-state index in [0.29, 0.717) is 19.4 Å². The lowest BCUT2D eigenvalue weighted by Gasteiger charge is -2.19. The van der Waals surface area contributed by atoms with Crippen molar-refractivity contribution in [1.82, 2.24) is 5.32 Å². The Balaban J connectivity index is 2.98. The summed E-state index contributed by atoms with van der Waals surface area (Å²) in [5.74, 6) is -1.20.